The fourth-order valence-electron chi connectivity index (χ4n) is 4.74. The van der Waals surface area contributed by atoms with Gasteiger partial charge in [-0.1, -0.05) is 103 Å². The van der Waals surface area contributed by atoms with Gasteiger partial charge in [-0.15, -0.1) is 0 Å². The standard InChI is InChI=1S/C34H30N2O3/c37-33(32-12-6-10-28-9-4-5-11-31(28)32)22-25(21-24-13-15-29(16-14-24)34(38)36-39)23-35-30-19-17-27(18-20-30)26-7-2-1-3-8-26/h1-21,33,35,37,39H,22-23H2,(H,36,38). The van der Waals surface area contributed by atoms with Gasteiger partial charge in [-0.25, -0.2) is 5.48 Å². The molecule has 39 heavy (non-hydrogen) atoms. The topological polar surface area (TPSA) is 81.6 Å². The second-order valence-electron chi connectivity index (χ2n) is 9.45. The molecule has 0 bridgehead atoms. The molecule has 5 aromatic rings. The van der Waals surface area contributed by atoms with E-state index in [1.54, 1.807) is 17.6 Å². The van der Waals surface area contributed by atoms with Crippen molar-refractivity contribution in [3.8, 4) is 11.1 Å². The largest absolute Gasteiger partial charge is 0.388 e. The van der Waals surface area contributed by atoms with Crippen LogP contribution in [-0.4, -0.2) is 22.8 Å². The SMILES string of the molecule is O=C(NO)c1ccc(C=C(CNc2ccc(-c3ccccc3)cc2)CC(O)c2cccc3ccccc23)cc1. The zero-order chi connectivity index (χ0) is 27.0. The van der Waals surface area contributed by atoms with E-state index >= 15 is 0 Å². The fourth-order valence-corrected chi connectivity index (χ4v) is 4.74. The van der Waals surface area contributed by atoms with Gasteiger partial charge in [0.2, 0.25) is 0 Å². The Bertz CT molecular complexity index is 1570. The fraction of sp³-hybridized carbons (Fsp3) is 0.0882. The van der Waals surface area contributed by atoms with Gasteiger partial charge in [-0.2, -0.15) is 0 Å². The van der Waals surface area contributed by atoms with Gasteiger partial charge >= 0.3 is 0 Å². The van der Waals surface area contributed by atoms with Crippen LogP contribution < -0.4 is 10.8 Å². The molecule has 194 valence electrons. The maximum atomic E-state index is 11.7. The molecule has 0 spiro atoms. The van der Waals surface area contributed by atoms with Crippen LogP contribution in [0.25, 0.3) is 28.0 Å². The van der Waals surface area contributed by atoms with Gasteiger partial charge in [0.05, 0.1) is 6.10 Å². The summed E-state index contributed by atoms with van der Waals surface area (Å²) in [6, 6.07) is 39.6. The van der Waals surface area contributed by atoms with Crippen molar-refractivity contribution < 1.29 is 15.1 Å². The third-order valence-corrected chi connectivity index (χ3v) is 6.79. The molecule has 0 aromatic heterocycles. The number of rotatable bonds is 9. The van der Waals surface area contributed by atoms with Gasteiger partial charge in [0.1, 0.15) is 0 Å². The number of hydroxylamine groups is 1. The molecule has 0 saturated heterocycles. The van der Waals surface area contributed by atoms with Crippen LogP contribution in [0.15, 0.2) is 127 Å². The maximum absolute atomic E-state index is 11.7. The first kappa shape index (κ1) is 25.9. The van der Waals surface area contributed by atoms with Gasteiger partial charge in [0.15, 0.2) is 0 Å². The minimum absolute atomic E-state index is 0.364. The molecule has 1 amide bonds. The van der Waals surface area contributed by atoms with Crippen LogP contribution in [-0.2, 0) is 0 Å². The molecular weight excluding hydrogens is 484 g/mol. The van der Waals surface area contributed by atoms with Crippen LogP contribution in [0.4, 0.5) is 5.69 Å². The number of hydrogen-bond acceptors (Lipinski definition) is 4. The lowest BCUT2D eigenvalue weighted by atomic mass is 9.95. The van der Waals surface area contributed by atoms with Crippen molar-refractivity contribution in [1.82, 2.24) is 5.48 Å². The zero-order valence-corrected chi connectivity index (χ0v) is 21.4. The Labute approximate surface area is 228 Å². The molecule has 5 nitrogen and oxygen atoms in total. The summed E-state index contributed by atoms with van der Waals surface area (Å²) in [5.41, 5.74) is 8.10. The van der Waals surface area contributed by atoms with Crippen molar-refractivity contribution in [1.29, 1.82) is 0 Å². The first-order chi connectivity index (χ1) is 19.1. The first-order valence-electron chi connectivity index (χ1n) is 12.9. The lowest BCUT2D eigenvalue weighted by molar-refractivity contribution is 0.0706. The summed E-state index contributed by atoms with van der Waals surface area (Å²) in [6.45, 7) is 0.533. The molecular formula is C34H30N2O3. The number of benzene rings is 5. The average Bonchev–Trinajstić information content (AvgIpc) is 3.00. The van der Waals surface area contributed by atoms with Crippen LogP contribution in [0.1, 0.15) is 34.0 Å². The smallest absolute Gasteiger partial charge is 0.274 e. The predicted octanol–water partition coefficient (Wildman–Crippen LogP) is 7.25. The summed E-state index contributed by atoms with van der Waals surface area (Å²) < 4.78 is 0. The summed E-state index contributed by atoms with van der Waals surface area (Å²) >= 11 is 0. The molecule has 0 radical (unpaired) electrons. The van der Waals surface area contributed by atoms with Crippen molar-refractivity contribution >= 4 is 28.4 Å². The van der Waals surface area contributed by atoms with E-state index in [4.69, 9.17) is 5.21 Å². The Morgan fingerprint density at radius 2 is 1.41 bits per heavy atom. The van der Waals surface area contributed by atoms with Gasteiger partial charge < -0.3 is 10.4 Å². The molecule has 4 N–H and O–H groups in total. The number of amides is 1. The van der Waals surface area contributed by atoms with Crippen molar-refractivity contribution in [2.24, 2.45) is 0 Å². The number of carbonyl (C=O) groups is 1. The number of hydrogen-bond donors (Lipinski definition) is 4. The molecule has 0 fully saturated rings. The van der Waals surface area contributed by atoms with Gasteiger partial charge in [0, 0.05) is 24.2 Å². The Morgan fingerprint density at radius 3 is 2.15 bits per heavy atom. The molecule has 5 aromatic carbocycles. The van der Waals surface area contributed by atoms with E-state index in [0.29, 0.717) is 18.5 Å². The van der Waals surface area contributed by atoms with Gasteiger partial charge in [-0.3, -0.25) is 10.0 Å². The zero-order valence-electron chi connectivity index (χ0n) is 21.4. The summed E-state index contributed by atoms with van der Waals surface area (Å²) in [5, 5.41) is 25.9. The number of aliphatic hydroxyl groups is 1. The number of nitrogens with one attached hydrogen (secondary N) is 2. The van der Waals surface area contributed by atoms with Crippen LogP contribution in [0.2, 0.25) is 0 Å². The van der Waals surface area contributed by atoms with E-state index in [1.165, 1.54) is 5.56 Å². The number of anilines is 1. The van der Waals surface area contributed by atoms with E-state index in [9.17, 15) is 9.90 Å². The summed E-state index contributed by atoms with van der Waals surface area (Å²) in [4.78, 5) is 11.7. The summed E-state index contributed by atoms with van der Waals surface area (Å²) in [7, 11) is 0. The Morgan fingerprint density at radius 1 is 0.744 bits per heavy atom. The molecule has 0 heterocycles. The lowest BCUT2D eigenvalue weighted by Crippen LogP contribution is -2.18. The molecule has 0 aliphatic rings. The van der Waals surface area contributed by atoms with Crippen molar-refractivity contribution in [3.63, 3.8) is 0 Å². The molecule has 1 atom stereocenters. The minimum Gasteiger partial charge on any atom is -0.388 e. The number of aliphatic hydroxyl groups excluding tert-OH is 1. The maximum Gasteiger partial charge on any atom is 0.274 e. The van der Waals surface area contributed by atoms with Gasteiger partial charge in [0.25, 0.3) is 5.91 Å². The monoisotopic (exact) mass is 514 g/mol. The predicted molar refractivity (Wildman–Crippen MR) is 158 cm³/mol. The molecule has 5 rings (SSSR count). The minimum atomic E-state index is -0.691. The first-order valence-corrected chi connectivity index (χ1v) is 12.9. The van der Waals surface area contributed by atoms with Crippen molar-refractivity contribution in [3.05, 3.63) is 144 Å². The van der Waals surface area contributed by atoms with Crippen LogP contribution in [0, 0.1) is 0 Å². The molecule has 1 unspecified atom stereocenters. The summed E-state index contributed by atoms with van der Waals surface area (Å²) in [6.07, 6.45) is 1.77. The third-order valence-electron chi connectivity index (χ3n) is 6.79. The van der Waals surface area contributed by atoms with E-state index in [1.807, 2.05) is 78.9 Å². The van der Waals surface area contributed by atoms with E-state index in [-0.39, 0.29) is 0 Å². The van der Waals surface area contributed by atoms with E-state index < -0.39 is 12.0 Å². The number of fused-ring (bicyclic) bond motifs is 1. The molecule has 5 heteroatoms. The lowest BCUT2D eigenvalue weighted by Gasteiger charge is -2.18. The van der Waals surface area contributed by atoms with Crippen LogP contribution in [0.5, 0.6) is 0 Å². The average molecular weight is 515 g/mol. The highest BCUT2D eigenvalue weighted by atomic mass is 16.5. The normalized spacial score (nSPS) is 12.2. The number of carbonyl (C=O) groups excluding carboxylic acids is 1. The van der Waals surface area contributed by atoms with Crippen molar-refractivity contribution in [2.75, 3.05) is 11.9 Å². The van der Waals surface area contributed by atoms with Gasteiger partial charge in [-0.05, 0) is 62.9 Å². The second-order valence-corrected chi connectivity index (χ2v) is 9.45. The Kier molecular flexibility index (Phi) is 8.12. The van der Waals surface area contributed by atoms with E-state index in [2.05, 4.69) is 41.7 Å². The van der Waals surface area contributed by atoms with E-state index in [0.717, 1.165) is 38.7 Å². The summed E-state index contributed by atoms with van der Waals surface area (Å²) in [5.74, 6) is -0.558. The third kappa shape index (κ3) is 6.41. The molecule has 0 saturated carbocycles. The van der Waals surface area contributed by atoms with Crippen LogP contribution >= 0.6 is 0 Å². The van der Waals surface area contributed by atoms with Crippen LogP contribution in [0.3, 0.4) is 0 Å². The molecule has 0 aliphatic heterocycles. The quantitative estimate of drug-likeness (QED) is 0.123. The Balaban J connectivity index is 1.38. The second kappa shape index (κ2) is 12.2. The highest BCUT2D eigenvalue weighted by molar-refractivity contribution is 5.93. The highest BCUT2D eigenvalue weighted by Gasteiger charge is 2.14. The van der Waals surface area contributed by atoms with Crippen molar-refractivity contribution in [2.45, 2.75) is 12.5 Å². The molecule has 0 aliphatic carbocycles. The highest BCUT2D eigenvalue weighted by Crippen LogP contribution is 2.29. The Hall–Kier alpha value is -4.71.